The van der Waals surface area contributed by atoms with Crippen LogP contribution in [0.25, 0.3) is 0 Å². The van der Waals surface area contributed by atoms with Gasteiger partial charge >= 0.3 is 0 Å². The van der Waals surface area contributed by atoms with Crippen molar-refractivity contribution in [2.24, 2.45) is 5.92 Å². The van der Waals surface area contributed by atoms with Gasteiger partial charge in [0.05, 0.1) is 0 Å². The highest BCUT2D eigenvalue weighted by atomic mass is 15.3. The van der Waals surface area contributed by atoms with Gasteiger partial charge in [0.25, 0.3) is 0 Å². The van der Waals surface area contributed by atoms with E-state index >= 15 is 0 Å². The molecular weight excluding hydrogens is 234 g/mol. The molecule has 3 nitrogen and oxygen atoms in total. The molecule has 1 aliphatic carbocycles. The molecule has 0 aromatic carbocycles. The Hall–Kier alpha value is -0.120. The molecule has 1 N–H and O–H groups in total. The predicted octanol–water partition coefficient (Wildman–Crippen LogP) is 1.93. The monoisotopic (exact) mass is 265 g/mol. The summed E-state index contributed by atoms with van der Waals surface area (Å²) in [6.07, 6.45) is 8.44. The number of nitrogens with zero attached hydrogens (tertiary/aromatic N) is 2. The Bertz CT molecular complexity index is 271. The molecule has 3 rings (SSSR count). The summed E-state index contributed by atoms with van der Waals surface area (Å²) >= 11 is 0. The van der Waals surface area contributed by atoms with Gasteiger partial charge in [-0.2, -0.15) is 0 Å². The third-order valence-corrected chi connectivity index (χ3v) is 5.24. The van der Waals surface area contributed by atoms with Crippen molar-refractivity contribution in [2.75, 3.05) is 39.3 Å². The largest absolute Gasteiger partial charge is 0.317 e. The molecule has 3 heteroatoms. The van der Waals surface area contributed by atoms with Crippen molar-refractivity contribution < 1.29 is 0 Å². The summed E-state index contributed by atoms with van der Waals surface area (Å²) in [5.41, 5.74) is 0. The maximum absolute atomic E-state index is 3.49. The van der Waals surface area contributed by atoms with Gasteiger partial charge < -0.3 is 5.32 Å². The van der Waals surface area contributed by atoms with E-state index in [-0.39, 0.29) is 0 Å². The number of hydrogen-bond donors (Lipinski definition) is 1. The van der Waals surface area contributed by atoms with Gasteiger partial charge in [-0.1, -0.05) is 6.92 Å². The molecule has 0 bridgehead atoms. The fourth-order valence-corrected chi connectivity index (χ4v) is 3.94. The van der Waals surface area contributed by atoms with E-state index in [1.807, 2.05) is 0 Å². The zero-order chi connectivity index (χ0) is 13.1. The van der Waals surface area contributed by atoms with Gasteiger partial charge in [0.2, 0.25) is 0 Å². The van der Waals surface area contributed by atoms with Crippen molar-refractivity contribution in [3.63, 3.8) is 0 Å². The van der Waals surface area contributed by atoms with Crippen LogP contribution >= 0.6 is 0 Å². The van der Waals surface area contributed by atoms with Crippen LogP contribution in [0.2, 0.25) is 0 Å². The lowest BCUT2D eigenvalue weighted by molar-refractivity contribution is 0.150. The summed E-state index contributed by atoms with van der Waals surface area (Å²) in [4.78, 5) is 5.59. The van der Waals surface area contributed by atoms with Gasteiger partial charge in [0.15, 0.2) is 0 Å². The minimum Gasteiger partial charge on any atom is -0.317 e. The lowest BCUT2D eigenvalue weighted by Gasteiger charge is -2.34. The van der Waals surface area contributed by atoms with Crippen molar-refractivity contribution in [3.8, 4) is 0 Å². The third-order valence-electron chi connectivity index (χ3n) is 5.24. The summed E-state index contributed by atoms with van der Waals surface area (Å²) in [5, 5.41) is 3.49. The summed E-state index contributed by atoms with van der Waals surface area (Å²) < 4.78 is 0. The van der Waals surface area contributed by atoms with E-state index in [4.69, 9.17) is 0 Å². The first-order valence-electron chi connectivity index (χ1n) is 8.55. The Labute approximate surface area is 118 Å². The topological polar surface area (TPSA) is 18.5 Å². The predicted molar refractivity (Wildman–Crippen MR) is 80.5 cm³/mol. The van der Waals surface area contributed by atoms with Crippen LogP contribution in [-0.4, -0.2) is 61.2 Å². The molecule has 3 fully saturated rings. The van der Waals surface area contributed by atoms with E-state index in [9.17, 15) is 0 Å². The Kier molecular flexibility index (Phi) is 4.78. The summed E-state index contributed by atoms with van der Waals surface area (Å²) in [6.45, 7) is 10.2. The first kappa shape index (κ1) is 13.8. The zero-order valence-corrected chi connectivity index (χ0v) is 12.6. The Balaban J connectivity index is 1.50. The SMILES string of the molecule is CCCN(CC1CCNCC1)C1CCN(C2CC2)C1. The fraction of sp³-hybridized carbons (Fsp3) is 1.00. The molecule has 0 aromatic heterocycles. The number of nitrogens with one attached hydrogen (secondary N) is 1. The molecule has 1 unspecified atom stereocenters. The molecule has 3 aliphatic rings. The van der Waals surface area contributed by atoms with E-state index in [1.165, 1.54) is 77.8 Å². The maximum Gasteiger partial charge on any atom is 0.0235 e. The quantitative estimate of drug-likeness (QED) is 0.792. The van der Waals surface area contributed by atoms with E-state index < -0.39 is 0 Å². The van der Waals surface area contributed by atoms with Crippen LogP contribution in [0.3, 0.4) is 0 Å². The van der Waals surface area contributed by atoms with Crippen molar-refractivity contribution >= 4 is 0 Å². The summed E-state index contributed by atoms with van der Waals surface area (Å²) in [6, 6.07) is 1.82. The van der Waals surface area contributed by atoms with Gasteiger partial charge in [-0.05, 0) is 64.1 Å². The first-order valence-corrected chi connectivity index (χ1v) is 8.55. The second-order valence-electron chi connectivity index (χ2n) is 6.86. The molecule has 2 aliphatic heterocycles. The maximum atomic E-state index is 3.49. The fourth-order valence-electron chi connectivity index (χ4n) is 3.94. The van der Waals surface area contributed by atoms with Crippen molar-refractivity contribution in [3.05, 3.63) is 0 Å². The van der Waals surface area contributed by atoms with E-state index in [0.29, 0.717) is 0 Å². The van der Waals surface area contributed by atoms with Crippen LogP contribution in [0, 0.1) is 5.92 Å². The van der Waals surface area contributed by atoms with Crippen LogP contribution in [0.15, 0.2) is 0 Å². The highest BCUT2D eigenvalue weighted by Gasteiger charge is 2.36. The minimum absolute atomic E-state index is 0.857. The molecule has 0 spiro atoms. The molecule has 2 saturated heterocycles. The van der Waals surface area contributed by atoms with Crippen molar-refractivity contribution in [2.45, 2.75) is 57.5 Å². The highest BCUT2D eigenvalue weighted by Crippen LogP contribution is 2.31. The molecule has 0 amide bonds. The van der Waals surface area contributed by atoms with Crippen LogP contribution in [0.4, 0.5) is 0 Å². The van der Waals surface area contributed by atoms with E-state index in [0.717, 1.165) is 18.0 Å². The van der Waals surface area contributed by atoms with Gasteiger partial charge in [-0.25, -0.2) is 0 Å². The molecule has 0 radical (unpaired) electrons. The number of hydrogen-bond acceptors (Lipinski definition) is 3. The molecule has 1 atom stereocenters. The molecule has 110 valence electrons. The average Bonchev–Trinajstić information content (AvgIpc) is 3.17. The van der Waals surface area contributed by atoms with Crippen molar-refractivity contribution in [1.82, 2.24) is 15.1 Å². The second kappa shape index (κ2) is 6.55. The van der Waals surface area contributed by atoms with Gasteiger partial charge in [0, 0.05) is 31.7 Å². The van der Waals surface area contributed by atoms with Gasteiger partial charge in [-0.15, -0.1) is 0 Å². The Morgan fingerprint density at radius 2 is 1.89 bits per heavy atom. The first-order chi connectivity index (χ1) is 9.36. The third kappa shape index (κ3) is 3.71. The number of rotatable bonds is 6. The molecule has 2 heterocycles. The van der Waals surface area contributed by atoms with E-state index in [2.05, 4.69) is 22.0 Å². The van der Waals surface area contributed by atoms with Crippen LogP contribution in [0.1, 0.15) is 45.4 Å². The Morgan fingerprint density at radius 1 is 1.11 bits per heavy atom. The number of likely N-dealkylation sites (tertiary alicyclic amines) is 1. The van der Waals surface area contributed by atoms with E-state index in [1.54, 1.807) is 0 Å². The smallest absolute Gasteiger partial charge is 0.0235 e. The van der Waals surface area contributed by atoms with Gasteiger partial charge in [0.1, 0.15) is 0 Å². The molecule has 19 heavy (non-hydrogen) atoms. The van der Waals surface area contributed by atoms with Crippen LogP contribution in [-0.2, 0) is 0 Å². The van der Waals surface area contributed by atoms with Gasteiger partial charge in [-0.3, -0.25) is 9.80 Å². The van der Waals surface area contributed by atoms with Crippen LogP contribution in [0.5, 0.6) is 0 Å². The molecule has 0 aromatic rings. The average molecular weight is 265 g/mol. The zero-order valence-electron chi connectivity index (χ0n) is 12.6. The summed E-state index contributed by atoms with van der Waals surface area (Å²) in [7, 11) is 0. The Morgan fingerprint density at radius 3 is 2.58 bits per heavy atom. The highest BCUT2D eigenvalue weighted by molar-refractivity contribution is 4.93. The lowest BCUT2D eigenvalue weighted by Crippen LogP contribution is -2.43. The van der Waals surface area contributed by atoms with Crippen LogP contribution < -0.4 is 5.32 Å². The minimum atomic E-state index is 0.857. The molecular formula is C16H31N3. The standard InChI is InChI=1S/C16H31N3/c1-2-10-18(12-14-5-8-17-9-6-14)16-7-11-19(13-16)15-3-4-15/h14-17H,2-13H2,1H3. The van der Waals surface area contributed by atoms with Crippen molar-refractivity contribution in [1.29, 1.82) is 0 Å². The summed E-state index contributed by atoms with van der Waals surface area (Å²) in [5.74, 6) is 0.947. The normalized spacial score (nSPS) is 30.3. The molecule has 1 saturated carbocycles. The second-order valence-corrected chi connectivity index (χ2v) is 6.86. The number of piperidine rings is 1. The lowest BCUT2D eigenvalue weighted by atomic mass is 9.96.